The maximum Gasteiger partial charge on any atom is 0.421 e. The highest BCUT2D eigenvalue weighted by atomic mass is 35.5. The first-order chi connectivity index (χ1) is 7.18. The van der Waals surface area contributed by atoms with Gasteiger partial charge >= 0.3 is 17.8 Å². The van der Waals surface area contributed by atoms with E-state index in [1.54, 1.807) is 0 Å². The Labute approximate surface area is 92.3 Å². The van der Waals surface area contributed by atoms with E-state index in [-0.39, 0.29) is 0 Å². The molecule has 0 atom stereocenters. The second kappa shape index (κ2) is 3.98. The van der Waals surface area contributed by atoms with E-state index in [2.05, 4.69) is 0 Å². The summed E-state index contributed by atoms with van der Waals surface area (Å²) in [6.07, 6.45) is 2.17. The van der Waals surface area contributed by atoms with Crippen LogP contribution < -0.4 is 0 Å². The molecule has 5 nitrogen and oxygen atoms in total. The largest absolute Gasteiger partial charge is 0.421 e. The topological polar surface area (TPSA) is 55.8 Å². The van der Waals surface area contributed by atoms with Crippen LogP contribution in [0.5, 0.6) is 0 Å². The van der Waals surface area contributed by atoms with Gasteiger partial charge in [-0.3, -0.25) is 0 Å². The third kappa shape index (κ3) is 1.81. The molecule has 6 heteroatoms. The standard InChI is InChI=1S/C9H12ClNO4/c10-4-2-6-11-5-1-3-9(11)14-7(12)8(13)15-9/h1-6H2. The Hall–Kier alpha value is -0.810. The summed E-state index contributed by atoms with van der Waals surface area (Å²) in [7, 11) is 0. The van der Waals surface area contributed by atoms with Gasteiger partial charge in [0.2, 0.25) is 0 Å². The SMILES string of the molecule is O=C1OC2(CCCN2CCCCl)OC1=O. The Morgan fingerprint density at radius 1 is 1.33 bits per heavy atom. The molecule has 0 radical (unpaired) electrons. The molecule has 2 fully saturated rings. The normalized spacial score (nSPS) is 24.6. The zero-order chi connectivity index (χ0) is 10.9. The first kappa shape index (κ1) is 10.7. The van der Waals surface area contributed by atoms with Crippen molar-refractivity contribution >= 4 is 23.5 Å². The van der Waals surface area contributed by atoms with Crippen molar-refractivity contribution in [3.63, 3.8) is 0 Å². The molecule has 0 aromatic heterocycles. The molecule has 2 aliphatic heterocycles. The van der Waals surface area contributed by atoms with Crippen LogP contribution in [0.1, 0.15) is 19.3 Å². The summed E-state index contributed by atoms with van der Waals surface area (Å²) in [4.78, 5) is 23.9. The molecular formula is C9H12ClNO4. The highest BCUT2D eigenvalue weighted by Gasteiger charge is 2.55. The third-order valence-electron chi connectivity index (χ3n) is 2.64. The summed E-state index contributed by atoms with van der Waals surface area (Å²) in [6.45, 7) is 1.43. The number of esters is 2. The monoisotopic (exact) mass is 233 g/mol. The molecule has 0 bridgehead atoms. The predicted octanol–water partition coefficient (Wildman–Crippen LogP) is 0.465. The second-order valence-corrected chi connectivity index (χ2v) is 4.00. The molecule has 0 amide bonds. The summed E-state index contributed by atoms with van der Waals surface area (Å²) in [5, 5.41) is 0. The summed E-state index contributed by atoms with van der Waals surface area (Å²) in [6, 6.07) is 0. The van der Waals surface area contributed by atoms with Gasteiger partial charge in [-0.05, 0) is 12.8 Å². The van der Waals surface area contributed by atoms with Gasteiger partial charge in [-0.25, -0.2) is 14.5 Å². The van der Waals surface area contributed by atoms with Crippen molar-refractivity contribution in [3.05, 3.63) is 0 Å². The number of carbonyl (C=O) groups is 2. The van der Waals surface area contributed by atoms with E-state index in [0.29, 0.717) is 18.8 Å². The zero-order valence-corrected chi connectivity index (χ0v) is 8.96. The second-order valence-electron chi connectivity index (χ2n) is 3.62. The zero-order valence-electron chi connectivity index (χ0n) is 8.20. The van der Waals surface area contributed by atoms with E-state index < -0.39 is 17.8 Å². The molecule has 0 saturated carbocycles. The molecular weight excluding hydrogens is 222 g/mol. The van der Waals surface area contributed by atoms with Crippen LogP contribution >= 0.6 is 11.6 Å². The Morgan fingerprint density at radius 3 is 2.60 bits per heavy atom. The van der Waals surface area contributed by atoms with Crippen molar-refractivity contribution in [2.75, 3.05) is 19.0 Å². The van der Waals surface area contributed by atoms with E-state index in [9.17, 15) is 9.59 Å². The van der Waals surface area contributed by atoms with Gasteiger partial charge in [0.1, 0.15) is 0 Å². The number of likely N-dealkylation sites (tertiary alicyclic amines) is 1. The van der Waals surface area contributed by atoms with Crippen LogP contribution in [0.2, 0.25) is 0 Å². The lowest BCUT2D eigenvalue weighted by Crippen LogP contribution is -2.45. The van der Waals surface area contributed by atoms with Crippen molar-refractivity contribution in [3.8, 4) is 0 Å². The number of alkyl halides is 1. The van der Waals surface area contributed by atoms with E-state index in [1.165, 1.54) is 0 Å². The summed E-state index contributed by atoms with van der Waals surface area (Å²) < 4.78 is 10.0. The maximum atomic E-state index is 11.0. The highest BCUT2D eigenvalue weighted by molar-refractivity contribution is 6.31. The van der Waals surface area contributed by atoms with Crippen LogP contribution in [0.25, 0.3) is 0 Å². The number of carbonyl (C=O) groups excluding carboxylic acids is 2. The lowest BCUT2D eigenvalue weighted by atomic mass is 10.3. The molecule has 2 saturated heterocycles. The number of halogens is 1. The van der Waals surface area contributed by atoms with Crippen LogP contribution in [-0.2, 0) is 19.1 Å². The minimum Gasteiger partial charge on any atom is -0.400 e. The van der Waals surface area contributed by atoms with Gasteiger partial charge < -0.3 is 9.47 Å². The van der Waals surface area contributed by atoms with Gasteiger partial charge in [0.25, 0.3) is 0 Å². The fourth-order valence-electron chi connectivity index (χ4n) is 1.98. The Kier molecular flexibility index (Phi) is 2.84. The van der Waals surface area contributed by atoms with E-state index >= 15 is 0 Å². The fourth-order valence-corrected chi connectivity index (χ4v) is 2.10. The Bertz CT molecular complexity index is 278. The summed E-state index contributed by atoms with van der Waals surface area (Å²) in [5.74, 6) is -2.38. The average molecular weight is 234 g/mol. The van der Waals surface area contributed by atoms with E-state index in [1.807, 2.05) is 4.90 Å². The molecule has 0 aromatic rings. The molecule has 2 heterocycles. The van der Waals surface area contributed by atoms with Gasteiger partial charge in [0, 0.05) is 25.4 Å². The minimum absolute atomic E-state index is 0.536. The number of hydrogen-bond acceptors (Lipinski definition) is 5. The smallest absolute Gasteiger partial charge is 0.400 e. The first-order valence-corrected chi connectivity index (χ1v) is 5.49. The first-order valence-electron chi connectivity index (χ1n) is 4.95. The molecule has 0 N–H and O–H groups in total. The minimum atomic E-state index is -1.12. The highest BCUT2D eigenvalue weighted by Crippen LogP contribution is 2.35. The van der Waals surface area contributed by atoms with Crippen LogP contribution in [0, 0.1) is 0 Å². The van der Waals surface area contributed by atoms with Crippen LogP contribution in [0.15, 0.2) is 0 Å². The van der Waals surface area contributed by atoms with Crippen LogP contribution in [0.3, 0.4) is 0 Å². The van der Waals surface area contributed by atoms with Crippen molar-refractivity contribution in [2.24, 2.45) is 0 Å². The molecule has 0 aromatic carbocycles. The Balaban J connectivity index is 2.06. The average Bonchev–Trinajstić information content (AvgIpc) is 2.70. The van der Waals surface area contributed by atoms with E-state index in [0.717, 1.165) is 19.4 Å². The van der Waals surface area contributed by atoms with Crippen molar-refractivity contribution in [1.82, 2.24) is 4.90 Å². The van der Waals surface area contributed by atoms with Crippen molar-refractivity contribution in [2.45, 2.75) is 25.2 Å². The molecule has 2 rings (SSSR count). The lowest BCUT2D eigenvalue weighted by Gasteiger charge is -2.30. The Morgan fingerprint density at radius 2 is 2.00 bits per heavy atom. The number of nitrogens with zero attached hydrogens (tertiary/aromatic N) is 1. The van der Waals surface area contributed by atoms with Gasteiger partial charge in [0.15, 0.2) is 0 Å². The number of ether oxygens (including phenoxy) is 2. The van der Waals surface area contributed by atoms with Crippen molar-refractivity contribution in [1.29, 1.82) is 0 Å². The van der Waals surface area contributed by atoms with Crippen LogP contribution in [0.4, 0.5) is 0 Å². The van der Waals surface area contributed by atoms with Gasteiger partial charge in [-0.1, -0.05) is 0 Å². The maximum absolute atomic E-state index is 11.0. The van der Waals surface area contributed by atoms with Gasteiger partial charge in [-0.2, -0.15) is 0 Å². The van der Waals surface area contributed by atoms with E-state index in [4.69, 9.17) is 21.1 Å². The quantitative estimate of drug-likeness (QED) is 0.403. The predicted molar refractivity (Wildman–Crippen MR) is 51.1 cm³/mol. The molecule has 0 aliphatic carbocycles. The molecule has 0 unspecified atom stereocenters. The van der Waals surface area contributed by atoms with Crippen molar-refractivity contribution < 1.29 is 19.1 Å². The van der Waals surface area contributed by atoms with Gasteiger partial charge in [0.05, 0.1) is 0 Å². The summed E-state index contributed by atoms with van der Waals surface area (Å²) in [5.41, 5.74) is 0. The molecule has 2 aliphatic rings. The number of hydrogen-bond donors (Lipinski definition) is 0. The number of rotatable bonds is 3. The van der Waals surface area contributed by atoms with Crippen LogP contribution in [-0.4, -0.2) is 41.7 Å². The molecule has 84 valence electrons. The van der Waals surface area contributed by atoms with Gasteiger partial charge in [-0.15, -0.1) is 11.6 Å². The molecule has 15 heavy (non-hydrogen) atoms. The lowest BCUT2D eigenvalue weighted by molar-refractivity contribution is -0.234. The third-order valence-corrected chi connectivity index (χ3v) is 2.90. The summed E-state index contributed by atoms with van der Waals surface area (Å²) >= 11 is 5.59. The molecule has 1 spiro atoms. The fraction of sp³-hybridized carbons (Fsp3) is 0.778.